The molecule has 0 aromatic heterocycles. The van der Waals surface area contributed by atoms with Gasteiger partial charge in [-0.05, 0) is 47.4 Å². The monoisotopic (exact) mass is 363 g/mol. The van der Waals surface area contributed by atoms with Crippen molar-refractivity contribution in [3.63, 3.8) is 0 Å². The largest absolute Gasteiger partial charge is 0.324 e. The van der Waals surface area contributed by atoms with Crippen molar-refractivity contribution in [1.29, 1.82) is 0 Å². The van der Waals surface area contributed by atoms with E-state index in [0.717, 1.165) is 22.3 Å². The number of sulfone groups is 1. The summed E-state index contributed by atoms with van der Waals surface area (Å²) >= 11 is 0. The van der Waals surface area contributed by atoms with Crippen LogP contribution in [0.15, 0.2) is 77.7 Å². The Hall–Kier alpha value is -2.92. The van der Waals surface area contributed by atoms with Gasteiger partial charge in [0.1, 0.15) is 5.25 Å². The maximum Gasteiger partial charge on any atom is 0.242 e. The Morgan fingerprint density at radius 3 is 2.12 bits per heavy atom. The highest BCUT2D eigenvalue weighted by Crippen LogP contribution is 2.35. The quantitative estimate of drug-likeness (QED) is 0.744. The molecule has 1 heterocycles. The number of carbonyl (C=O) groups is 1. The number of hydrogen-bond donors (Lipinski definition) is 1. The summed E-state index contributed by atoms with van der Waals surface area (Å²) in [6.45, 7) is 1.41. The van der Waals surface area contributed by atoms with Crippen molar-refractivity contribution in [3.05, 3.63) is 72.8 Å². The smallest absolute Gasteiger partial charge is 0.242 e. The van der Waals surface area contributed by atoms with Gasteiger partial charge in [0.2, 0.25) is 5.91 Å². The van der Waals surface area contributed by atoms with Crippen LogP contribution >= 0.6 is 0 Å². The van der Waals surface area contributed by atoms with Gasteiger partial charge in [-0.1, -0.05) is 54.6 Å². The van der Waals surface area contributed by atoms with Gasteiger partial charge in [0.25, 0.3) is 0 Å². The maximum absolute atomic E-state index is 12.6. The van der Waals surface area contributed by atoms with Crippen LogP contribution in [-0.2, 0) is 14.6 Å². The van der Waals surface area contributed by atoms with E-state index in [9.17, 15) is 13.2 Å². The summed E-state index contributed by atoms with van der Waals surface area (Å²) in [7, 11) is -3.67. The van der Waals surface area contributed by atoms with Gasteiger partial charge >= 0.3 is 0 Å². The molecule has 0 saturated carbocycles. The summed E-state index contributed by atoms with van der Waals surface area (Å²) in [5.41, 5.74) is 4.23. The van der Waals surface area contributed by atoms with E-state index in [1.54, 1.807) is 12.1 Å². The molecule has 0 fully saturated rings. The number of anilines is 1. The lowest BCUT2D eigenvalue weighted by Crippen LogP contribution is -2.37. The summed E-state index contributed by atoms with van der Waals surface area (Å²) in [5.74, 6) is -0.490. The van der Waals surface area contributed by atoms with Gasteiger partial charge in [-0.3, -0.25) is 4.79 Å². The number of fused-ring (bicyclic) bond motifs is 1. The molecule has 1 unspecified atom stereocenters. The van der Waals surface area contributed by atoms with Crippen LogP contribution in [-0.4, -0.2) is 19.6 Å². The van der Waals surface area contributed by atoms with Crippen LogP contribution in [0.2, 0.25) is 0 Å². The van der Waals surface area contributed by atoms with Crippen molar-refractivity contribution in [3.8, 4) is 22.3 Å². The van der Waals surface area contributed by atoms with Gasteiger partial charge in [0, 0.05) is 0 Å². The fourth-order valence-electron chi connectivity index (χ4n) is 3.12. The Bertz CT molecular complexity index is 1110. The number of carbonyl (C=O) groups excluding carboxylic acids is 1. The lowest BCUT2D eigenvalue weighted by atomic mass is 9.99. The summed E-state index contributed by atoms with van der Waals surface area (Å²) in [6, 6.07) is 23.1. The van der Waals surface area contributed by atoms with Crippen LogP contribution < -0.4 is 5.32 Å². The first-order valence-corrected chi connectivity index (χ1v) is 9.86. The lowest BCUT2D eigenvalue weighted by molar-refractivity contribution is -0.115. The summed E-state index contributed by atoms with van der Waals surface area (Å²) in [5, 5.41) is 1.58. The molecule has 0 saturated heterocycles. The van der Waals surface area contributed by atoms with Crippen molar-refractivity contribution in [1.82, 2.24) is 0 Å². The predicted molar refractivity (Wildman–Crippen MR) is 103 cm³/mol. The third-order valence-corrected chi connectivity index (χ3v) is 6.78. The van der Waals surface area contributed by atoms with Crippen LogP contribution in [0.4, 0.5) is 5.69 Å². The van der Waals surface area contributed by atoms with E-state index in [1.807, 2.05) is 60.7 Å². The molecular formula is C21H17NO3S. The van der Waals surface area contributed by atoms with Gasteiger partial charge in [-0.2, -0.15) is 0 Å². The minimum absolute atomic E-state index is 0.173. The van der Waals surface area contributed by atoms with E-state index in [1.165, 1.54) is 6.92 Å². The van der Waals surface area contributed by atoms with Crippen LogP contribution in [0.3, 0.4) is 0 Å². The third kappa shape index (κ3) is 2.70. The number of amides is 1. The average molecular weight is 363 g/mol. The molecule has 1 N–H and O–H groups in total. The fourth-order valence-corrected chi connectivity index (χ4v) is 4.55. The second-order valence-electron chi connectivity index (χ2n) is 6.33. The molecule has 0 bridgehead atoms. The normalized spacial score (nSPS) is 18.0. The average Bonchev–Trinajstić information content (AvgIpc) is 2.67. The molecule has 1 atom stereocenters. The molecular weight excluding hydrogens is 346 g/mol. The van der Waals surface area contributed by atoms with Crippen LogP contribution in [0.25, 0.3) is 22.3 Å². The number of nitrogens with one attached hydrogen (secondary N) is 1. The van der Waals surface area contributed by atoms with Crippen molar-refractivity contribution in [2.24, 2.45) is 0 Å². The Labute approximate surface area is 152 Å². The standard InChI is InChI=1S/C21H17NO3S/c1-14-21(23)22-19-11-10-18(13-20(19)26(14,24)25)17-9-5-8-16(12-17)15-6-3-2-4-7-15/h2-14H,1H3,(H,22,23). The number of hydrogen-bond acceptors (Lipinski definition) is 3. The first kappa shape index (κ1) is 16.5. The van der Waals surface area contributed by atoms with E-state index < -0.39 is 21.0 Å². The molecule has 26 heavy (non-hydrogen) atoms. The van der Waals surface area contributed by atoms with Crippen molar-refractivity contribution in [2.45, 2.75) is 17.1 Å². The SMILES string of the molecule is CC1C(=O)Nc2ccc(-c3cccc(-c4ccccc4)c3)cc2S1(=O)=O. The molecule has 4 rings (SSSR count). The molecule has 130 valence electrons. The Kier molecular flexibility index (Phi) is 3.89. The third-order valence-electron chi connectivity index (χ3n) is 4.68. The molecule has 1 amide bonds. The van der Waals surface area contributed by atoms with Gasteiger partial charge in [0.15, 0.2) is 9.84 Å². The first-order chi connectivity index (χ1) is 12.5. The summed E-state index contributed by atoms with van der Waals surface area (Å²) < 4.78 is 25.3. The predicted octanol–water partition coefficient (Wildman–Crippen LogP) is 4.13. The van der Waals surface area contributed by atoms with Gasteiger partial charge in [-0.25, -0.2) is 8.42 Å². The molecule has 1 aliphatic rings. The molecule has 4 nitrogen and oxygen atoms in total. The highest BCUT2D eigenvalue weighted by atomic mass is 32.2. The minimum atomic E-state index is -3.67. The van der Waals surface area contributed by atoms with Gasteiger partial charge in [-0.15, -0.1) is 0 Å². The molecule has 0 spiro atoms. The molecule has 5 heteroatoms. The highest BCUT2D eigenvalue weighted by Gasteiger charge is 2.36. The van der Waals surface area contributed by atoms with E-state index in [-0.39, 0.29) is 4.90 Å². The molecule has 1 aliphatic heterocycles. The van der Waals surface area contributed by atoms with E-state index in [0.29, 0.717) is 5.69 Å². The van der Waals surface area contributed by atoms with Gasteiger partial charge in [0.05, 0.1) is 10.6 Å². The summed E-state index contributed by atoms with van der Waals surface area (Å²) in [4.78, 5) is 12.0. The van der Waals surface area contributed by atoms with Crippen LogP contribution in [0.1, 0.15) is 6.92 Å². The van der Waals surface area contributed by atoms with Gasteiger partial charge < -0.3 is 5.32 Å². The number of benzene rings is 3. The lowest BCUT2D eigenvalue weighted by Gasteiger charge is -2.22. The van der Waals surface area contributed by atoms with Crippen LogP contribution in [0, 0.1) is 0 Å². The zero-order valence-electron chi connectivity index (χ0n) is 14.1. The Balaban J connectivity index is 1.82. The number of rotatable bonds is 2. The Morgan fingerprint density at radius 1 is 0.769 bits per heavy atom. The second kappa shape index (κ2) is 6.11. The van der Waals surface area contributed by atoms with E-state index in [4.69, 9.17) is 0 Å². The minimum Gasteiger partial charge on any atom is -0.324 e. The van der Waals surface area contributed by atoms with E-state index >= 15 is 0 Å². The Morgan fingerprint density at radius 2 is 1.38 bits per heavy atom. The molecule has 3 aromatic carbocycles. The van der Waals surface area contributed by atoms with E-state index in [2.05, 4.69) is 5.32 Å². The molecule has 0 radical (unpaired) electrons. The first-order valence-electron chi connectivity index (χ1n) is 8.31. The van der Waals surface area contributed by atoms with Crippen molar-refractivity contribution in [2.75, 3.05) is 5.32 Å². The topological polar surface area (TPSA) is 63.2 Å². The van der Waals surface area contributed by atoms with Crippen molar-refractivity contribution >= 4 is 21.4 Å². The van der Waals surface area contributed by atoms with Crippen molar-refractivity contribution < 1.29 is 13.2 Å². The molecule has 3 aromatic rings. The zero-order valence-corrected chi connectivity index (χ0v) is 15.0. The second-order valence-corrected chi connectivity index (χ2v) is 8.57. The zero-order chi connectivity index (χ0) is 18.3. The highest BCUT2D eigenvalue weighted by molar-refractivity contribution is 7.93. The summed E-state index contributed by atoms with van der Waals surface area (Å²) in [6.07, 6.45) is 0. The fraction of sp³-hybridized carbons (Fsp3) is 0.0952. The molecule has 0 aliphatic carbocycles. The maximum atomic E-state index is 12.6. The van der Waals surface area contributed by atoms with Crippen LogP contribution in [0.5, 0.6) is 0 Å².